The molecule has 0 saturated carbocycles. The van der Waals surface area contributed by atoms with Crippen molar-refractivity contribution in [2.75, 3.05) is 0 Å². The SMILES string of the molecule is C=NC(=O)C(N)=O. The lowest BCUT2D eigenvalue weighted by atomic mass is 10.6. The van der Waals surface area contributed by atoms with E-state index in [0.29, 0.717) is 0 Å². The molecule has 0 saturated heterocycles. The molecule has 0 aliphatic heterocycles. The van der Waals surface area contributed by atoms with Crippen LogP contribution >= 0.6 is 0 Å². The van der Waals surface area contributed by atoms with E-state index in [1.165, 1.54) is 0 Å². The third-order valence-corrected chi connectivity index (χ3v) is 0.354. The van der Waals surface area contributed by atoms with Crippen LogP contribution in [0.3, 0.4) is 0 Å². The van der Waals surface area contributed by atoms with E-state index >= 15 is 0 Å². The lowest BCUT2D eigenvalue weighted by Crippen LogP contribution is -2.20. The molecule has 0 heterocycles. The third kappa shape index (κ3) is 1.64. The van der Waals surface area contributed by atoms with Gasteiger partial charge in [-0.05, 0) is 6.72 Å². The minimum atomic E-state index is -1.07. The molecule has 0 unspecified atom stereocenters. The van der Waals surface area contributed by atoms with E-state index in [9.17, 15) is 9.59 Å². The molecular formula is C3H4N2O2. The van der Waals surface area contributed by atoms with Crippen LogP contribution in [-0.4, -0.2) is 18.5 Å². The van der Waals surface area contributed by atoms with Gasteiger partial charge in [-0.3, -0.25) is 9.59 Å². The molecule has 2 N–H and O–H groups in total. The normalized spacial score (nSPS) is 7.43. The van der Waals surface area contributed by atoms with Gasteiger partial charge in [0.15, 0.2) is 0 Å². The van der Waals surface area contributed by atoms with Crippen LogP contribution in [0.5, 0.6) is 0 Å². The number of rotatable bonds is 0. The Bertz CT molecular complexity index is 118. The zero-order valence-corrected chi connectivity index (χ0v) is 3.55. The van der Waals surface area contributed by atoms with E-state index in [2.05, 4.69) is 17.4 Å². The molecule has 0 atom stereocenters. The van der Waals surface area contributed by atoms with Crippen molar-refractivity contribution < 1.29 is 9.59 Å². The van der Waals surface area contributed by atoms with Gasteiger partial charge in [0, 0.05) is 0 Å². The van der Waals surface area contributed by atoms with Crippen molar-refractivity contribution in [1.29, 1.82) is 0 Å². The van der Waals surface area contributed by atoms with Gasteiger partial charge < -0.3 is 5.73 Å². The van der Waals surface area contributed by atoms with Gasteiger partial charge in [0.1, 0.15) is 0 Å². The van der Waals surface area contributed by atoms with Crippen molar-refractivity contribution in [2.24, 2.45) is 10.7 Å². The summed E-state index contributed by atoms with van der Waals surface area (Å²) in [6.07, 6.45) is 0. The maximum Gasteiger partial charge on any atom is 0.334 e. The minimum absolute atomic E-state index is 1.000. The molecule has 4 nitrogen and oxygen atoms in total. The molecule has 0 rings (SSSR count). The molecule has 0 aliphatic carbocycles. The highest BCUT2D eigenvalue weighted by Crippen LogP contribution is 1.64. The van der Waals surface area contributed by atoms with Crippen molar-refractivity contribution in [1.82, 2.24) is 0 Å². The Morgan fingerprint density at radius 3 is 2.00 bits per heavy atom. The zero-order chi connectivity index (χ0) is 5.86. The predicted octanol–water partition coefficient (Wildman–Crippen LogP) is -1.30. The van der Waals surface area contributed by atoms with Gasteiger partial charge in [0.25, 0.3) is 0 Å². The third-order valence-electron chi connectivity index (χ3n) is 0.354. The minimum Gasteiger partial charge on any atom is -0.361 e. The number of nitrogens with two attached hydrogens (primary N) is 1. The van der Waals surface area contributed by atoms with Crippen LogP contribution in [0.1, 0.15) is 0 Å². The summed E-state index contributed by atoms with van der Waals surface area (Å²) in [5.41, 5.74) is 4.42. The Morgan fingerprint density at radius 1 is 1.57 bits per heavy atom. The van der Waals surface area contributed by atoms with Crippen molar-refractivity contribution in [2.45, 2.75) is 0 Å². The van der Waals surface area contributed by atoms with Crippen molar-refractivity contribution >= 4 is 18.5 Å². The molecule has 0 spiro atoms. The molecule has 0 aliphatic rings. The van der Waals surface area contributed by atoms with E-state index in [1.807, 2.05) is 0 Å². The van der Waals surface area contributed by atoms with Crippen molar-refractivity contribution in [3.05, 3.63) is 0 Å². The molecule has 0 aromatic heterocycles. The molecule has 0 aromatic carbocycles. The van der Waals surface area contributed by atoms with Crippen LogP contribution in [-0.2, 0) is 9.59 Å². The average Bonchev–Trinajstić information content (AvgIpc) is 1.65. The molecule has 7 heavy (non-hydrogen) atoms. The van der Waals surface area contributed by atoms with Gasteiger partial charge in [-0.15, -0.1) is 0 Å². The van der Waals surface area contributed by atoms with Crippen LogP contribution in [0.2, 0.25) is 0 Å². The number of carbonyl (C=O) groups excluding carboxylic acids is 2. The summed E-state index contributed by atoms with van der Waals surface area (Å²) in [5.74, 6) is -2.07. The zero-order valence-electron chi connectivity index (χ0n) is 3.55. The average molecular weight is 100 g/mol. The molecule has 38 valence electrons. The highest BCUT2D eigenvalue weighted by atomic mass is 16.2. The van der Waals surface area contributed by atoms with Crippen LogP contribution < -0.4 is 5.73 Å². The van der Waals surface area contributed by atoms with Gasteiger partial charge in [-0.25, -0.2) is 4.99 Å². The molecule has 2 amide bonds. The topological polar surface area (TPSA) is 72.5 Å². The van der Waals surface area contributed by atoms with Gasteiger partial charge >= 0.3 is 11.8 Å². The Balaban J connectivity index is 3.81. The summed E-state index contributed by atoms with van der Waals surface area (Å²) >= 11 is 0. The second-order valence-electron chi connectivity index (χ2n) is 0.828. The number of hydrogen-bond acceptors (Lipinski definition) is 2. The number of aliphatic imine (C=N–C) groups is 1. The van der Waals surface area contributed by atoms with Crippen molar-refractivity contribution in [3.8, 4) is 0 Å². The van der Waals surface area contributed by atoms with E-state index in [1.54, 1.807) is 0 Å². The molecule has 0 fully saturated rings. The smallest absolute Gasteiger partial charge is 0.334 e. The summed E-state index contributed by atoms with van der Waals surface area (Å²) in [7, 11) is 0. The number of primary amides is 1. The van der Waals surface area contributed by atoms with E-state index in [4.69, 9.17) is 0 Å². The van der Waals surface area contributed by atoms with Crippen LogP contribution in [0.25, 0.3) is 0 Å². The Morgan fingerprint density at radius 2 is 2.00 bits per heavy atom. The first kappa shape index (κ1) is 5.81. The Hall–Kier alpha value is -1.19. The highest BCUT2D eigenvalue weighted by Gasteiger charge is 2.01. The second kappa shape index (κ2) is 2.07. The Kier molecular flexibility index (Phi) is 1.72. The lowest BCUT2D eigenvalue weighted by molar-refractivity contribution is -0.135. The molecule has 0 bridgehead atoms. The second-order valence-corrected chi connectivity index (χ2v) is 0.828. The van der Waals surface area contributed by atoms with E-state index in [-0.39, 0.29) is 0 Å². The maximum atomic E-state index is 9.81. The standard InChI is InChI=1S/C3H4N2O2/c1-5-3(7)2(4)6/h1H2,(H2,4,6). The van der Waals surface area contributed by atoms with E-state index in [0.717, 1.165) is 0 Å². The molecule has 0 aromatic rings. The molecule has 4 heteroatoms. The largest absolute Gasteiger partial charge is 0.361 e. The predicted molar refractivity (Wildman–Crippen MR) is 23.8 cm³/mol. The molecule has 0 radical (unpaired) electrons. The summed E-state index contributed by atoms with van der Waals surface area (Å²) < 4.78 is 0. The number of carbonyl (C=O) groups is 2. The van der Waals surface area contributed by atoms with E-state index < -0.39 is 11.8 Å². The van der Waals surface area contributed by atoms with Crippen LogP contribution in [0.4, 0.5) is 0 Å². The molecular weight excluding hydrogens is 96.0 g/mol. The maximum absolute atomic E-state index is 9.81. The Labute approximate surface area is 40.0 Å². The van der Waals surface area contributed by atoms with Crippen LogP contribution in [0.15, 0.2) is 4.99 Å². The number of nitrogens with zero attached hydrogens (tertiary/aromatic N) is 1. The number of amides is 2. The van der Waals surface area contributed by atoms with Gasteiger partial charge in [-0.1, -0.05) is 0 Å². The number of hydrogen-bond donors (Lipinski definition) is 1. The fourth-order valence-electron chi connectivity index (χ4n) is 0.0779. The summed E-state index contributed by atoms with van der Waals surface area (Å²) in [6.45, 7) is 2.78. The van der Waals surface area contributed by atoms with Crippen molar-refractivity contribution in [3.63, 3.8) is 0 Å². The first-order valence-corrected chi connectivity index (χ1v) is 1.49. The van der Waals surface area contributed by atoms with Gasteiger partial charge in [0.05, 0.1) is 0 Å². The first-order valence-electron chi connectivity index (χ1n) is 1.49. The highest BCUT2D eigenvalue weighted by molar-refractivity contribution is 6.35. The first-order chi connectivity index (χ1) is 3.18. The summed E-state index contributed by atoms with van der Waals surface area (Å²) in [4.78, 5) is 22.2. The quantitative estimate of drug-likeness (QED) is 0.303. The van der Waals surface area contributed by atoms with Gasteiger partial charge in [0.2, 0.25) is 0 Å². The summed E-state index contributed by atoms with van der Waals surface area (Å²) in [5, 5.41) is 0. The van der Waals surface area contributed by atoms with Crippen LogP contribution in [0, 0.1) is 0 Å². The fraction of sp³-hybridized carbons (Fsp3) is 0. The fourth-order valence-corrected chi connectivity index (χ4v) is 0.0779. The lowest BCUT2D eigenvalue weighted by Gasteiger charge is -1.76. The van der Waals surface area contributed by atoms with Gasteiger partial charge in [-0.2, -0.15) is 0 Å². The summed E-state index contributed by atoms with van der Waals surface area (Å²) in [6, 6.07) is 0. The monoisotopic (exact) mass is 100 g/mol.